The number of urea groups is 1. The van der Waals surface area contributed by atoms with Gasteiger partial charge in [0.05, 0.1) is 6.04 Å². The van der Waals surface area contributed by atoms with E-state index in [2.05, 4.69) is 10.6 Å². The highest BCUT2D eigenvalue weighted by Gasteiger charge is 2.52. The van der Waals surface area contributed by atoms with E-state index in [1.165, 1.54) is 0 Å². The Morgan fingerprint density at radius 2 is 1.89 bits per heavy atom. The largest absolute Gasteiger partial charge is 0.454 e. The van der Waals surface area contributed by atoms with Gasteiger partial charge >= 0.3 is 12.0 Å². The van der Waals surface area contributed by atoms with Crippen LogP contribution in [0.5, 0.6) is 0 Å². The van der Waals surface area contributed by atoms with Crippen molar-refractivity contribution in [3.8, 4) is 0 Å². The Hall–Kier alpha value is -2.61. The molecule has 1 saturated heterocycles. The Morgan fingerprint density at radius 3 is 2.54 bits per heavy atom. The van der Waals surface area contributed by atoms with E-state index in [1.807, 2.05) is 0 Å². The molecule has 0 aromatic heterocycles. The first-order valence-electron chi connectivity index (χ1n) is 9.15. The molecule has 8 nitrogen and oxygen atoms in total. The number of nitrogens with one attached hydrogen (secondary N) is 2. The third kappa shape index (κ3) is 4.27. The van der Waals surface area contributed by atoms with E-state index < -0.39 is 42.5 Å². The summed E-state index contributed by atoms with van der Waals surface area (Å²) in [6.07, 6.45) is 2.87. The number of hydrogen-bond acceptors (Lipinski definition) is 5. The number of benzene rings is 1. The minimum absolute atomic E-state index is 0.295. The zero-order chi connectivity index (χ0) is 20.3. The van der Waals surface area contributed by atoms with Crippen LogP contribution in [0.2, 0.25) is 5.02 Å². The van der Waals surface area contributed by atoms with Crippen molar-refractivity contribution in [1.82, 2.24) is 15.5 Å². The highest BCUT2D eigenvalue weighted by Crippen LogP contribution is 2.34. The summed E-state index contributed by atoms with van der Waals surface area (Å²) < 4.78 is 4.92. The second-order valence-corrected chi connectivity index (χ2v) is 7.55. The maximum atomic E-state index is 12.5. The normalized spacial score (nSPS) is 18.9. The molecule has 2 fully saturated rings. The van der Waals surface area contributed by atoms with Gasteiger partial charge in [-0.25, -0.2) is 4.79 Å². The van der Waals surface area contributed by atoms with Crippen LogP contribution in [0.3, 0.4) is 0 Å². The predicted octanol–water partition coefficient (Wildman–Crippen LogP) is 1.93. The lowest BCUT2D eigenvalue weighted by atomic mass is 9.98. The maximum Gasteiger partial charge on any atom is 0.326 e. The van der Waals surface area contributed by atoms with Crippen molar-refractivity contribution in [1.29, 1.82) is 0 Å². The smallest absolute Gasteiger partial charge is 0.326 e. The molecule has 4 amide bonds. The van der Waals surface area contributed by atoms with Gasteiger partial charge in [-0.2, -0.15) is 0 Å². The molecular weight excluding hydrogens is 386 g/mol. The highest BCUT2D eigenvalue weighted by molar-refractivity contribution is 6.30. The van der Waals surface area contributed by atoms with Crippen molar-refractivity contribution in [2.45, 2.75) is 44.2 Å². The van der Waals surface area contributed by atoms with Crippen LogP contribution in [0.25, 0.3) is 0 Å². The summed E-state index contributed by atoms with van der Waals surface area (Å²) in [5.74, 6) is -1.69. The first-order chi connectivity index (χ1) is 13.3. The van der Waals surface area contributed by atoms with E-state index in [0.29, 0.717) is 17.9 Å². The number of nitrogens with zero attached hydrogens (tertiary/aromatic N) is 1. The number of hydrogen-bond donors (Lipinski definition) is 2. The van der Waals surface area contributed by atoms with Crippen LogP contribution in [0, 0.1) is 0 Å². The van der Waals surface area contributed by atoms with Crippen LogP contribution in [0.4, 0.5) is 4.79 Å². The Morgan fingerprint density at radius 1 is 1.25 bits per heavy atom. The van der Waals surface area contributed by atoms with Crippen LogP contribution in [0.1, 0.15) is 44.2 Å². The number of imide groups is 1. The lowest BCUT2D eigenvalue weighted by molar-refractivity contribution is -0.151. The zero-order valence-corrected chi connectivity index (χ0v) is 16.3. The number of halogens is 1. The molecule has 3 rings (SSSR count). The summed E-state index contributed by atoms with van der Waals surface area (Å²) in [6.45, 7) is 0.787. The van der Waals surface area contributed by atoms with Gasteiger partial charge in [0.1, 0.15) is 12.1 Å². The number of ether oxygens (including phenoxy) is 1. The van der Waals surface area contributed by atoms with E-state index >= 15 is 0 Å². The van der Waals surface area contributed by atoms with Crippen molar-refractivity contribution in [2.75, 3.05) is 13.2 Å². The molecule has 1 aliphatic carbocycles. The topological polar surface area (TPSA) is 105 Å². The molecular formula is C19H22ClN3O5. The summed E-state index contributed by atoms with van der Waals surface area (Å²) in [6, 6.07) is 6.12. The van der Waals surface area contributed by atoms with Gasteiger partial charge in [0.2, 0.25) is 0 Å². The van der Waals surface area contributed by atoms with Gasteiger partial charge < -0.3 is 15.4 Å². The Balaban J connectivity index is 1.46. The summed E-state index contributed by atoms with van der Waals surface area (Å²) in [7, 11) is 0. The van der Waals surface area contributed by atoms with E-state index in [9.17, 15) is 19.2 Å². The van der Waals surface area contributed by atoms with E-state index in [0.717, 1.165) is 23.3 Å². The van der Waals surface area contributed by atoms with Crippen LogP contribution >= 0.6 is 11.6 Å². The molecule has 1 heterocycles. The number of esters is 1. The second-order valence-electron chi connectivity index (χ2n) is 7.11. The van der Waals surface area contributed by atoms with Gasteiger partial charge in [-0.15, -0.1) is 0 Å². The molecule has 0 radical (unpaired) electrons. The first kappa shape index (κ1) is 20.1. The van der Waals surface area contributed by atoms with Gasteiger partial charge in [0, 0.05) is 5.02 Å². The lowest BCUT2D eigenvalue weighted by Gasteiger charge is -2.19. The van der Waals surface area contributed by atoms with E-state index in [-0.39, 0.29) is 6.04 Å². The van der Waals surface area contributed by atoms with Crippen LogP contribution in [0.15, 0.2) is 24.3 Å². The van der Waals surface area contributed by atoms with E-state index in [1.54, 1.807) is 31.2 Å². The minimum Gasteiger partial charge on any atom is -0.454 e. The van der Waals surface area contributed by atoms with Crippen LogP contribution in [-0.2, 0) is 19.1 Å². The van der Waals surface area contributed by atoms with Gasteiger partial charge in [-0.1, -0.05) is 36.6 Å². The van der Waals surface area contributed by atoms with Gasteiger partial charge in [-0.3, -0.25) is 19.3 Å². The monoisotopic (exact) mass is 407 g/mol. The van der Waals surface area contributed by atoms with Crippen LogP contribution < -0.4 is 10.6 Å². The Kier molecular flexibility index (Phi) is 5.88. The molecule has 0 unspecified atom stereocenters. The van der Waals surface area contributed by atoms with Gasteiger partial charge in [-0.05, 0) is 37.5 Å². The van der Waals surface area contributed by atoms with Gasteiger partial charge in [0.15, 0.2) is 6.61 Å². The third-order valence-corrected chi connectivity index (χ3v) is 5.35. The van der Waals surface area contributed by atoms with Gasteiger partial charge in [0.25, 0.3) is 11.8 Å². The fourth-order valence-corrected chi connectivity index (χ4v) is 3.70. The maximum absolute atomic E-state index is 12.5. The third-order valence-electron chi connectivity index (χ3n) is 5.10. The Bertz CT molecular complexity index is 789. The average molecular weight is 408 g/mol. The standard InChI is InChI=1S/C19H22ClN3O5/c1-12(13-4-6-14(20)7-5-13)21-15(24)11-28-16(25)10-23-17(26)19(22-18(23)27)8-2-3-9-19/h4-7,12H,2-3,8-11H2,1H3,(H,21,24)(H,22,27)/t12-/m1/s1. The fourth-order valence-electron chi connectivity index (χ4n) is 3.58. The zero-order valence-electron chi connectivity index (χ0n) is 15.5. The summed E-state index contributed by atoms with van der Waals surface area (Å²) in [5, 5.41) is 5.98. The van der Waals surface area contributed by atoms with Crippen molar-refractivity contribution in [2.24, 2.45) is 0 Å². The van der Waals surface area contributed by atoms with Crippen molar-refractivity contribution in [3.05, 3.63) is 34.9 Å². The molecule has 1 saturated carbocycles. The summed E-state index contributed by atoms with van der Waals surface area (Å²) in [4.78, 5) is 49.4. The molecule has 2 aliphatic rings. The summed E-state index contributed by atoms with van der Waals surface area (Å²) >= 11 is 5.84. The van der Waals surface area contributed by atoms with Crippen molar-refractivity contribution >= 4 is 35.4 Å². The van der Waals surface area contributed by atoms with E-state index in [4.69, 9.17) is 16.3 Å². The minimum atomic E-state index is -0.872. The molecule has 1 atom stereocenters. The molecule has 9 heteroatoms. The lowest BCUT2D eigenvalue weighted by Crippen LogP contribution is -2.44. The number of carbonyl (C=O) groups excluding carboxylic acids is 4. The molecule has 28 heavy (non-hydrogen) atoms. The fraction of sp³-hybridized carbons (Fsp3) is 0.474. The summed E-state index contributed by atoms with van der Waals surface area (Å²) in [5.41, 5.74) is -0.0202. The molecule has 1 spiro atoms. The molecule has 2 N–H and O–H groups in total. The number of carbonyl (C=O) groups is 4. The predicted molar refractivity (Wildman–Crippen MR) is 100 cm³/mol. The van der Waals surface area contributed by atoms with Crippen molar-refractivity contribution < 1.29 is 23.9 Å². The Labute approximate surface area is 167 Å². The highest BCUT2D eigenvalue weighted by atomic mass is 35.5. The molecule has 1 aromatic carbocycles. The molecule has 150 valence electrons. The average Bonchev–Trinajstić information content (AvgIpc) is 3.21. The quantitative estimate of drug-likeness (QED) is 0.553. The number of amides is 4. The first-order valence-corrected chi connectivity index (χ1v) is 9.53. The molecule has 0 bridgehead atoms. The molecule has 1 aliphatic heterocycles. The van der Waals surface area contributed by atoms with Crippen LogP contribution in [-0.4, -0.2) is 47.4 Å². The second kappa shape index (κ2) is 8.18. The SMILES string of the molecule is C[C@@H](NC(=O)COC(=O)CN1C(=O)NC2(CCCC2)C1=O)c1ccc(Cl)cc1. The van der Waals surface area contributed by atoms with Crippen molar-refractivity contribution in [3.63, 3.8) is 0 Å². The molecule has 1 aromatic rings. The number of rotatable bonds is 6.